The van der Waals surface area contributed by atoms with Gasteiger partial charge in [0, 0.05) is 6.20 Å². The van der Waals surface area contributed by atoms with E-state index in [-0.39, 0.29) is 5.52 Å². The molecule has 0 N–H and O–H groups in total. The largest absolute Gasteiger partial charge is 0.422 e. The lowest BCUT2D eigenvalue weighted by atomic mass is 10.2. The van der Waals surface area contributed by atoms with Crippen molar-refractivity contribution >= 4 is 11.0 Å². The maximum absolute atomic E-state index is 11.8. The molecule has 19 heavy (non-hydrogen) atoms. The molecule has 2 heterocycles. The molecule has 5 heteroatoms. The van der Waals surface area contributed by atoms with Gasteiger partial charge in [0.2, 0.25) is 0 Å². The number of hydrogen-bond acceptors (Lipinski definition) is 4. The van der Waals surface area contributed by atoms with Crippen molar-refractivity contribution in [2.24, 2.45) is 0 Å². The van der Waals surface area contributed by atoms with E-state index in [0.717, 1.165) is 5.56 Å². The van der Waals surface area contributed by atoms with Gasteiger partial charge in [0.05, 0.1) is 12.1 Å². The molecule has 94 valence electrons. The van der Waals surface area contributed by atoms with Crippen LogP contribution in [-0.2, 0) is 6.54 Å². The van der Waals surface area contributed by atoms with E-state index in [1.165, 1.54) is 10.8 Å². The molecular weight excluding hydrogens is 244 g/mol. The Balaban J connectivity index is 2.24. The van der Waals surface area contributed by atoms with Gasteiger partial charge in [0.15, 0.2) is 5.52 Å². The first kappa shape index (κ1) is 11.4. The van der Waals surface area contributed by atoms with Crippen LogP contribution in [0.4, 0.5) is 0 Å². The third-order valence-corrected chi connectivity index (χ3v) is 2.85. The summed E-state index contributed by atoms with van der Waals surface area (Å²) in [5.74, 6) is -0.672. The van der Waals surface area contributed by atoms with Gasteiger partial charge in [-0.15, -0.1) is 0 Å². The van der Waals surface area contributed by atoms with Gasteiger partial charge in [-0.3, -0.25) is 4.57 Å². The van der Waals surface area contributed by atoms with Gasteiger partial charge in [0.1, 0.15) is 0 Å². The van der Waals surface area contributed by atoms with Crippen molar-refractivity contribution in [3.63, 3.8) is 0 Å². The predicted octanol–water partition coefficient (Wildman–Crippen LogP) is 1.40. The second-order valence-corrected chi connectivity index (χ2v) is 4.10. The monoisotopic (exact) mass is 254 g/mol. The molecule has 0 aliphatic heterocycles. The third kappa shape index (κ3) is 2.06. The molecule has 0 spiro atoms. The number of fused-ring (bicyclic) bond motifs is 1. The first-order valence-corrected chi connectivity index (χ1v) is 5.78. The highest BCUT2D eigenvalue weighted by molar-refractivity contribution is 5.72. The number of hydrogen-bond donors (Lipinski definition) is 0. The minimum absolute atomic E-state index is 0.165. The summed E-state index contributed by atoms with van der Waals surface area (Å²) in [7, 11) is 0. The van der Waals surface area contributed by atoms with Crippen molar-refractivity contribution < 1.29 is 4.42 Å². The van der Waals surface area contributed by atoms with Crippen molar-refractivity contribution in [3.8, 4) is 0 Å². The van der Waals surface area contributed by atoms with Crippen LogP contribution in [0.1, 0.15) is 5.56 Å². The third-order valence-electron chi connectivity index (χ3n) is 2.85. The molecule has 5 nitrogen and oxygen atoms in total. The van der Waals surface area contributed by atoms with E-state index < -0.39 is 11.4 Å². The van der Waals surface area contributed by atoms with E-state index in [1.807, 2.05) is 30.3 Å². The SMILES string of the molecule is O=c1oc(=O)n(Cc2ccccc2)c2cccnc12. The molecule has 3 aromatic rings. The van der Waals surface area contributed by atoms with Gasteiger partial charge < -0.3 is 4.42 Å². The Morgan fingerprint density at radius 1 is 1.05 bits per heavy atom. The summed E-state index contributed by atoms with van der Waals surface area (Å²) in [6.45, 7) is 0.339. The summed E-state index contributed by atoms with van der Waals surface area (Å²) in [5, 5.41) is 0. The maximum Gasteiger partial charge on any atom is 0.422 e. The highest BCUT2D eigenvalue weighted by Gasteiger charge is 2.09. The minimum atomic E-state index is -0.704. The van der Waals surface area contributed by atoms with Gasteiger partial charge in [-0.25, -0.2) is 14.6 Å². The summed E-state index contributed by atoms with van der Waals surface area (Å²) < 4.78 is 6.08. The molecule has 0 bridgehead atoms. The molecule has 0 saturated heterocycles. The van der Waals surface area contributed by atoms with Crippen LogP contribution in [0, 0.1) is 0 Å². The van der Waals surface area contributed by atoms with Crippen LogP contribution in [0.2, 0.25) is 0 Å². The van der Waals surface area contributed by atoms with Gasteiger partial charge in [0.25, 0.3) is 0 Å². The topological polar surface area (TPSA) is 65.1 Å². The normalized spacial score (nSPS) is 10.7. The fourth-order valence-electron chi connectivity index (χ4n) is 1.97. The van der Waals surface area contributed by atoms with E-state index >= 15 is 0 Å². The Morgan fingerprint density at radius 3 is 2.63 bits per heavy atom. The second kappa shape index (κ2) is 4.53. The zero-order chi connectivity index (χ0) is 13.2. The molecular formula is C14H10N2O3. The molecule has 0 aliphatic rings. The molecule has 3 rings (SSSR count). The number of nitrogens with zero attached hydrogens (tertiary/aromatic N) is 2. The number of aromatic nitrogens is 2. The van der Waals surface area contributed by atoms with E-state index in [1.54, 1.807) is 12.1 Å². The van der Waals surface area contributed by atoms with Gasteiger partial charge in [-0.1, -0.05) is 30.3 Å². The highest BCUT2D eigenvalue weighted by Crippen LogP contribution is 2.07. The smallest absolute Gasteiger partial charge is 0.371 e. The highest BCUT2D eigenvalue weighted by atomic mass is 16.4. The quantitative estimate of drug-likeness (QED) is 0.693. The van der Waals surface area contributed by atoms with Crippen LogP contribution < -0.4 is 11.4 Å². The lowest BCUT2D eigenvalue weighted by Gasteiger charge is -2.07. The van der Waals surface area contributed by atoms with Crippen LogP contribution >= 0.6 is 0 Å². The predicted molar refractivity (Wildman–Crippen MR) is 70.1 cm³/mol. The Bertz CT molecular complexity index is 834. The average molecular weight is 254 g/mol. The summed E-state index contributed by atoms with van der Waals surface area (Å²) in [6, 6.07) is 12.8. The Kier molecular flexibility index (Phi) is 2.72. The van der Waals surface area contributed by atoms with Crippen molar-refractivity contribution in [3.05, 3.63) is 75.2 Å². The van der Waals surface area contributed by atoms with Crippen LogP contribution in [0.25, 0.3) is 11.0 Å². The zero-order valence-electron chi connectivity index (χ0n) is 9.95. The Morgan fingerprint density at radius 2 is 1.84 bits per heavy atom. The van der Waals surface area contributed by atoms with Crippen molar-refractivity contribution in [1.29, 1.82) is 0 Å². The molecule has 2 aromatic heterocycles. The Labute approximate surface area is 107 Å². The average Bonchev–Trinajstić information content (AvgIpc) is 2.45. The molecule has 0 aliphatic carbocycles. The molecule has 0 amide bonds. The first-order chi connectivity index (χ1) is 9.25. The maximum atomic E-state index is 11.8. The van der Waals surface area contributed by atoms with Crippen LogP contribution in [0.15, 0.2) is 62.7 Å². The molecule has 0 radical (unpaired) electrons. The fraction of sp³-hybridized carbons (Fsp3) is 0.0714. The van der Waals surface area contributed by atoms with Crippen LogP contribution in [-0.4, -0.2) is 9.55 Å². The van der Waals surface area contributed by atoms with E-state index in [0.29, 0.717) is 12.1 Å². The van der Waals surface area contributed by atoms with Crippen molar-refractivity contribution in [1.82, 2.24) is 9.55 Å². The van der Waals surface area contributed by atoms with Crippen molar-refractivity contribution in [2.75, 3.05) is 0 Å². The molecule has 0 unspecified atom stereocenters. The molecule has 0 fully saturated rings. The lowest BCUT2D eigenvalue weighted by molar-refractivity contribution is 0.423. The zero-order valence-corrected chi connectivity index (χ0v) is 9.95. The Hall–Kier alpha value is -2.69. The fourth-order valence-corrected chi connectivity index (χ4v) is 1.97. The summed E-state index contributed by atoms with van der Waals surface area (Å²) in [5.41, 5.74) is 0.888. The first-order valence-electron chi connectivity index (χ1n) is 5.78. The summed E-state index contributed by atoms with van der Waals surface area (Å²) in [6.07, 6.45) is 1.50. The second-order valence-electron chi connectivity index (χ2n) is 4.10. The molecule has 1 aromatic carbocycles. The van der Waals surface area contributed by atoms with Gasteiger partial charge in [-0.05, 0) is 17.7 Å². The van der Waals surface area contributed by atoms with E-state index in [9.17, 15) is 9.59 Å². The summed E-state index contributed by atoms with van der Waals surface area (Å²) >= 11 is 0. The standard InChI is InChI=1S/C14H10N2O3/c17-13-12-11(7-4-8-15-12)16(14(18)19-13)9-10-5-2-1-3-6-10/h1-8H,9H2. The molecule has 0 atom stereocenters. The lowest BCUT2D eigenvalue weighted by Crippen LogP contribution is -2.26. The molecule has 0 saturated carbocycles. The van der Waals surface area contributed by atoms with Gasteiger partial charge >= 0.3 is 11.4 Å². The van der Waals surface area contributed by atoms with Crippen molar-refractivity contribution in [2.45, 2.75) is 6.54 Å². The number of benzene rings is 1. The van der Waals surface area contributed by atoms with E-state index in [2.05, 4.69) is 9.40 Å². The van der Waals surface area contributed by atoms with Crippen LogP contribution in [0.3, 0.4) is 0 Å². The van der Waals surface area contributed by atoms with Gasteiger partial charge in [-0.2, -0.15) is 0 Å². The number of rotatable bonds is 2. The number of pyridine rings is 1. The van der Waals surface area contributed by atoms with Crippen LogP contribution in [0.5, 0.6) is 0 Å². The minimum Gasteiger partial charge on any atom is -0.371 e. The van der Waals surface area contributed by atoms with E-state index in [4.69, 9.17) is 0 Å². The summed E-state index contributed by atoms with van der Waals surface area (Å²) in [4.78, 5) is 27.3.